The Bertz CT molecular complexity index is 1110. The fourth-order valence-corrected chi connectivity index (χ4v) is 6.33. The summed E-state index contributed by atoms with van der Waals surface area (Å²) in [5.41, 5.74) is 5.61. The fraction of sp³-hybridized carbons (Fsp3) is 0.391. The lowest BCUT2D eigenvalue weighted by Crippen LogP contribution is -2.33. The van der Waals surface area contributed by atoms with Crippen molar-refractivity contribution in [2.45, 2.75) is 40.0 Å². The molecule has 5 nitrogen and oxygen atoms in total. The highest BCUT2D eigenvalue weighted by molar-refractivity contribution is 9.11. The summed E-state index contributed by atoms with van der Waals surface area (Å²) in [6.45, 7) is 8.81. The van der Waals surface area contributed by atoms with Crippen LogP contribution < -0.4 is 4.90 Å². The number of anilines is 1. The van der Waals surface area contributed by atoms with Gasteiger partial charge in [0.2, 0.25) is 0 Å². The Hall–Kier alpha value is -1.66. The van der Waals surface area contributed by atoms with Crippen LogP contribution >= 0.6 is 43.5 Å². The van der Waals surface area contributed by atoms with Gasteiger partial charge in [-0.05, 0) is 88.2 Å². The quantitative estimate of drug-likeness (QED) is 0.346. The average molecular weight is 570 g/mol. The summed E-state index contributed by atoms with van der Waals surface area (Å²) < 4.78 is 4.06. The van der Waals surface area contributed by atoms with Crippen molar-refractivity contribution in [1.29, 1.82) is 0 Å². The maximum Gasteiger partial charge on any atom is 0.373 e. The summed E-state index contributed by atoms with van der Waals surface area (Å²) in [5, 5.41) is 1.94. The molecule has 3 aromatic rings. The van der Waals surface area contributed by atoms with Gasteiger partial charge in [-0.2, -0.15) is 9.59 Å². The molecule has 0 aliphatic carbocycles. The minimum absolute atomic E-state index is 0.250. The summed E-state index contributed by atoms with van der Waals surface area (Å²) in [6.07, 6.45) is 6.26. The summed E-state index contributed by atoms with van der Waals surface area (Å²) in [7, 11) is 0. The Morgan fingerprint density at radius 2 is 1.71 bits per heavy atom. The first-order chi connectivity index (χ1) is 14.8. The van der Waals surface area contributed by atoms with Crippen LogP contribution in [-0.2, 0) is 9.59 Å². The lowest BCUT2D eigenvalue weighted by atomic mass is 9.94. The van der Waals surface area contributed by atoms with Gasteiger partial charge in [0.05, 0.1) is 5.69 Å². The Morgan fingerprint density at radius 3 is 2.26 bits per heavy atom. The number of piperidine rings is 1. The van der Waals surface area contributed by atoms with Gasteiger partial charge in [-0.1, -0.05) is 24.9 Å². The number of hydrogen-bond donors (Lipinski definition) is 0. The van der Waals surface area contributed by atoms with E-state index in [2.05, 4.69) is 74.4 Å². The van der Waals surface area contributed by atoms with Gasteiger partial charge in [0.15, 0.2) is 0 Å². The summed E-state index contributed by atoms with van der Waals surface area (Å²) in [6, 6.07) is 6.10. The molecule has 0 unspecified atom stereocenters. The zero-order valence-electron chi connectivity index (χ0n) is 17.7. The predicted octanol–water partition coefficient (Wildman–Crippen LogP) is 6.86. The minimum Gasteiger partial charge on any atom is -0.371 e. The molecule has 1 fully saturated rings. The second kappa shape index (κ2) is 10.3. The van der Waals surface area contributed by atoms with Crippen LogP contribution in [0, 0.1) is 19.8 Å². The average Bonchev–Trinajstić information content (AvgIpc) is 3.03. The molecule has 1 aliphatic rings. The standard InChI is InChI=1S/C22H24Br2ClN3.CO2/c1-4-15-5-7-27(8-6-15)19-9-14(3)26-22-20(19)13(2)12-28(22)21-17(23)10-16(25)11-18(21)24;2-1-3/h9-12,15H,4-8H2,1-3H3;. The smallest absolute Gasteiger partial charge is 0.371 e. The number of fused-ring (bicyclic) bond motifs is 1. The lowest BCUT2D eigenvalue weighted by molar-refractivity contribution is -0.191. The number of pyridine rings is 1. The molecule has 0 spiro atoms. The Kier molecular flexibility index (Phi) is 7.98. The molecular weight excluding hydrogens is 546 g/mol. The minimum atomic E-state index is 0.250. The number of carbonyl (C=O) groups excluding carboxylic acids is 2. The van der Waals surface area contributed by atoms with Crippen LogP contribution in [0.4, 0.5) is 5.69 Å². The van der Waals surface area contributed by atoms with Gasteiger partial charge in [0.25, 0.3) is 0 Å². The molecule has 0 N–H and O–H groups in total. The van der Waals surface area contributed by atoms with E-state index >= 15 is 0 Å². The van der Waals surface area contributed by atoms with E-state index in [9.17, 15) is 0 Å². The molecule has 0 saturated carbocycles. The summed E-state index contributed by atoms with van der Waals surface area (Å²) >= 11 is 13.6. The van der Waals surface area contributed by atoms with E-state index < -0.39 is 0 Å². The van der Waals surface area contributed by atoms with E-state index in [0.717, 1.165) is 45.0 Å². The second-order valence-corrected chi connectivity index (χ2v) is 9.95. The first kappa shape index (κ1) is 24.0. The first-order valence-electron chi connectivity index (χ1n) is 10.2. The van der Waals surface area contributed by atoms with Gasteiger partial charge in [-0.3, -0.25) is 4.57 Å². The summed E-state index contributed by atoms with van der Waals surface area (Å²) in [5.74, 6) is 0.862. The number of aromatic nitrogens is 2. The van der Waals surface area contributed by atoms with Gasteiger partial charge >= 0.3 is 6.15 Å². The molecule has 3 heterocycles. The van der Waals surface area contributed by atoms with E-state index in [1.165, 1.54) is 35.9 Å². The highest BCUT2D eigenvalue weighted by Crippen LogP contribution is 2.39. The van der Waals surface area contributed by atoms with Crippen LogP contribution in [0.15, 0.2) is 33.3 Å². The molecule has 1 aromatic carbocycles. The number of halogens is 3. The normalized spacial score (nSPS) is 14.3. The molecule has 0 bridgehead atoms. The van der Waals surface area contributed by atoms with Crippen molar-refractivity contribution < 1.29 is 9.59 Å². The molecule has 31 heavy (non-hydrogen) atoms. The van der Waals surface area contributed by atoms with Crippen LogP contribution in [-0.4, -0.2) is 28.8 Å². The van der Waals surface area contributed by atoms with Crippen LogP contribution in [0.25, 0.3) is 16.7 Å². The van der Waals surface area contributed by atoms with Crippen molar-refractivity contribution >= 4 is 66.3 Å². The molecule has 0 atom stereocenters. The monoisotopic (exact) mass is 567 g/mol. The molecule has 2 aromatic heterocycles. The molecule has 8 heteroatoms. The van der Waals surface area contributed by atoms with E-state index in [1.54, 1.807) is 0 Å². The Morgan fingerprint density at radius 1 is 1.13 bits per heavy atom. The number of hydrogen-bond acceptors (Lipinski definition) is 4. The summed E-state index contributed by atoms with van der Waals surface area (Å²) in [4.78, 5) is 23.7. The van der Waals surface area contributed by atoms with Crippen LogP contribution in [0.2, 0.25) is 5.02 Å². The van der Waals surface area contributed by atoms with Crippen molar-refractivity contribution in [2.24, 2.45) is 5.92 Å². The van der Waals surface area contributed by atoms with Crippen LogP contribution in [0.3, 0.4) is 0 Å². The van der Waals surface area contributed by atoms with Crippen molar-refractivity contribution in [3.8, 4) is 5.69 Å². The maximum absolute atomic E-state index is 8.12. The Balaban J connectivity index is 0.000000858. The number of benzene rings is 1. The Labute approximate surface area is 204 Å². The molecular formula is C23H24Br2ClN3O2. The zero-order valence-corrected chi connectivity index (χ0v) is 21.6. The number of aryl methyl sites for hydroxylation is 2. The van der Waals surface area contributed by atoms with Crippen molar-refractivity contribution in [2.75, 3.05) is 18.0 Å². The molecule has 1 saturated heterocycles. The van der Waals surface area contributed by atoms with Gasteiger partial charge in [-0.25, -0.2) is 4.98 Å². The van der Waals surface area contributed by atoms with E-state index in [1.807, 2.05) is 12.1 Å². The van der Waals surface area contributed by atoms with Crippen molar-refractivity contribution in [3.05, 3.63) is 49.6 Å². The fourth-order valence-electron chi connectivity index (χ4n) is 4.28. The number of rotatable bonds is 3. The second-order valence-electron chi connectivity index (χ2n) is 7.80. The van der Waals surface area contributed by atoms with Crippen molar-refractivity contribution in [3.63, 3.8) is 0 Å². The highest BCUT2D eigenvalue weighted by atomic mass is 79.9. The highest BCUT2D eigenvalue weighted by Gasteiger charge is 2.23. The predicted molar refractivity (Wildman–Crippen MR) is 131 cm³/mol. The third-order valence-corrected chi connectivity index (χ3v) is 7.24. The van der Waals surface area contributed by atoms with Gasteiger partial charge < -0.3 is 4.90 Å². The van der Waals surface area contributed by atoms with Crippen molar-refractivity contribution in [1.82, 2.24) is 9.55 Å². The third-order valence-electron chi connectivity index (χ3n) is 5.81. The number of nitrogens with zero attached hydrogens (tertiary/aromatic N) is 3. The van der Waals surface area contributed by atoms with Gasteiger partial charge in [-0.15, -0.1) is 0 Å². The van der Waals surface area contributed by atoms with Crippen LogP contribution in [0.5, 0.6) is 0 Å². The van der Waals surface area contributed by atoms with E-state index in [0.29, 0.717) is 5.02 Å². The molecule has 4 rings (SSSR count). The van der Waals surface area contributed by atoms with E-state index in [-0.39, 0.29) is 6.15 Å². The van der Waals surface area contributed by atoms with Gasteiger partial charge in [0.1, 0.15) is 5.65 Å². The molecule has 164 valence electrons. The largest absolute Gasteiger partial charge is 0.373 e. The van der Waals surface area contributed by atoms with Crippen LogP contribution in [0.1, 0.15) is 37.4 Å². The third kappa shape index (κ3) is 5.06. The van der Waals surface area contributed by atoms with Gasteiger partial charge in [0, 0.05) is 50.0 Å². The topological polar surface area (TPSA) is 55.2 Å². The maximum atomic E-state index is 8.12. The first-order valence-corrected chi connectivity index (χ1v) is 12.2. The zero-order chi connectivity index (χ0) is 22.7. The van der Waals surface area contributed by atoms with E-state index in [4.69, 9.17) is 26.2 Å². The lowest BCUT2D eigenvalue weighted by Gasteiger charge is -2.34. The molecule has 0 radical (unpaired) electrons. The molecule has 1 aliphatic heterocycles. The SMILES string of the molecule is CCC1CCN(c2cc(C)nc3c2c(C)cn3-c2c(Br)cc(Cl)cc2Br)CC1.O=C=O. The molecule has 0 amide bonds.